The molecule has 2 aromatic rings. The number of hydrogen-bond acceptors (Lipinski definition) is 3. The lowest BCUT2D eigenvalue weighted by molar-refractivity contribution is -0.118. The number of halogens is 2. The maximum atomic E-state index is 12.8. The van der Waals surface area contributed by atoms with Crippen LogP contribution in [0.5, 0.6) is 0 Å². The number of amides is 1. The highest BCUT2D eigenvalue weighted by Gasteiger charge is 2.43. The van der Waals surface area contributed by atoms with Gasteiger partial charge in [-0.3, -0.25) is 14.5 Å². The minimum Gasteiger partial charge on any atom is -0.503 e. The van der Waals surface area contributed by atoms with Crippen LogP contribution in [-0.2, 0) is 9.59 Å². The molecular weight excluding hydrogens is 373 g/mol. The van der Waals surface area contributed by atoms with Crippen LogP contribution in [0.3, 0.4) is 0 Å². The fraction of sp³-hybridized carbons (Fsp3) is 0.200. The zero-order valence-corrected chi connectivity index (χ0v) is 15.8. The molecule has 1 amide bonds. The van der Waals surface area contributed by atoms with E-state index in [9.17, 15) is 14.7 Å². The number of aliphatic hydroxyl groups excluding tert-OH is 1. The Hall–Kier alpha value is -2.30. The van der Waals surface area contributed by atoms with Crippen LogP contribution in [0, 0.1) is 6.92 Å². The third-order valence-electron chi connectivity index (χ3n) is 4.37. The van der Waals surface area contributed by atoms with Gasteiger partial charge < -0.3 is 5.11 Å². The summed E-state index contributed by atoms with van der Waals surface area (Å²) in [5.41, 5.74) is 2.24. The van der Waals surface area contributed by atoms with Gasteiger partial charge in [-0.1, -0.05) is 48.3 Å². The topological polar surface area (TPSA) is 57.6 Å². The Kier molecular flexibility index (Phi) is 5.08. The first-order valence-electron chi connectivity index (χ1n) is 8.16. The number of Topliss-reactive ketones (excluding diaryl/α,β-unsaturated/α-hetero) is 1. The lowest BCUT2D eigenvalue weighted by atomic mass is 9.95. The summed E-state index contributed by atoms with van der Waals surface area (Å²) in [6.07, 6.45) is 0.173. The maximum Gasteiger partial charge on any atom is 0.294 e. The van der Waals surface area contributed by atoms with Crippen molar-refractivity contribution in [2.24, 2.45) is 0 Å². The van der Waals surface area contributed by atoms with E-state index in [1.165, 1.54) is 4.90 Å². The van der Waals surface area contributed by atoms with Gasteiger partial charge in [-0.05, 0) is 42.3 Å². The summed E-state index contributed by atoms with van der Waals surface area (Å²) in [6, 6.07) is 11.5. The van der Waals surface area contributed by atoms with Crippen LogP contribution in [-0.4, -0.2) is 16.8 Å². The van der Waals surface area contributed by atoms with E-state index in [-0.39, 0.29) is 17.8 Å². The second kappa shape index (κ2) is 7.14. The Balaban J connectivity index is 2.21. The molecule has 0 aliphatic carbocycles. The van der Waals surface area contributed by atoms with E-state index in [1.807, 2.05) is 25.1 Å². The fourth-order valence-electron chi connectivity index (χ4n) is 3.12. The average Bonchev–Trinajstić information content (AvgIpc) is 2.88. The average molecular weight is 390 g/mol. The first-order valence-corrected chi connectivity index (χ1v) is 8.92. The molecule has 0 spiro atoms. The van der Waals surface area contributed by atoms with E-state index in [1.54, 1.807) is 31.2 Å². The van der Waals surface area contributed by atoms with Gasteiger partial charge in [-0.15, -0.1) is 0 Å². The van der Waals surface area contributed by atoms with Gasteiger partial charge in [0.05, 0.1) is 21.7 Å². The number of aryl methyl sites for hydroxylation is 1. The molecule has 2 aromatic carbocycles. The summed E-state index contributed by atoms with van der Waals surface area (Å²) in [7, 11) is 0. The highest BCUT2D eigenvalue weighted by molar-refractivity contribution is 6.42. The number of aliphatic hydroxyl groups is 1. The predicted octanol–water partition coefficient (Wildman–Crippen LogP) is 5.18. The van der Waals surface area contributed by atoms with Gasteiger partial charge in [-0.25, -0.2) is 0 Å². The standard InChI is InChI=1S/C20H17Cl2NO3/c1-3-16(24)17-18(12-7-8-14(21)15(22)10-12)23(20(26)19(17)25)13-6-4-5-11(2)9-13/h4-10,18,25H,3H2,1-2H3. The Morgan fingerprint density at radius 1 is 1.15 bits per heavy atom. The van der Waals surface area contributed by atoms with Crippen LogP contribution in [0.1, 0.15) is 30.5 Å². The second-order valence-electron chi connectivity index (χ2n) is 6.13. The minimum atomic E-state index is -0.758. The number of ketones is 1. The molecule has 1 N–H and O–H groups in total. The van der Waals surface area contributed by atoms with Gasteiger partial charge in [0.15, 0.2) is 11.5 Å². The van der Waals surface area contributed by atoms with Crippen LogP contribution < -0.4 is 4.90 Å². The molecule has 1 aliphatic heterocycles. The van der Waals surface area contributed by atoms with Crippen molar-refractivity contribution in [2.45, 2.75) is 26.3 Å². The number of hydrogen-bond donors (Lipinski definition) is 1. The molecule has 0 fully saturated rings. The van der Waals surface area contributed by atoms with E-state index in [0.29, 0.717) is 21.3 Å². The molecule has 0 aromatic heterocycles. The largest absolute Gasteiger partial charge is 0.503 e. The summed E-state index contributed by atoms with van der Waals surface area (Å²) in [6.45, 7) is 3.60. The third kappa shape index (κ3) is 3.11. The Morgan fingerprint density at radius 3 is 2.50 bits per heavy atom. The quantitative estimate of drug-likeness (QED) is 0.783. The Morgan fingerprint density at radius 2 is 1.88 bits per heavy atom. The minimum absolute atomic E-state index is 0.0809. The van der Waals surface area contributed by atoms with Gasteiger partial charge in [0.1, 0.15) is 0 Å². The first kappa shape index (κ1) is 18.5. The van der Waals surface area contributed by atoms with E-state index in [0.717, 1.165) is 5.56 Å². The predicted molar refractivity (Wildman–Crippen MR) is 103 cm³/mol. The molecule has 1 unspecified atom stereocenters. The summed E-state index contributed by atoms with van der Waals surface area (Å²) in [4.78, 5) is 26.7. The van der Waals surface area contributed by atoms with Gasteiger partial charge in [-0.2, -0.15) is 0 Å². The summed E-state index contributed by atoms with van der Waals surface area (Å²) < 4.78 is 0. The zero-order valence-electron chi connectivity index (χ0n) is 14.3. The number of carbonyl (C=O) groups is 2. The van der Waals surface area contributed by atoms with E-state index in [2.05, 4.69) is 0 Å². The van der Waals surface area contributed by atoms with Crippen molar-refractivity contribution in [3.63, 3.8) is 0 Å². The number of benzene rings is 2. The number of rotatable bonds is 4. The van der Waals surface area contributed by atoms with Gasteiger partial charge in [0.2, 0.25) is 0 Å². The highest BCUT2D eigenvalue weighted by atomic mass is 35.5. The van der Waals surface area contributed by atoms with Crippen molar-refractivity contribution in [1.29, 1.82) is 0 Å². The molecule has 3 rings (SSSR count). The van der Waals surface area contributed by atoms with Crippen molar-refractivity contribution < 1.29 is 14.7 Å². The molecule has 134 valence electrons. The van der Waals surface area contributed by atoms with Crippen LogP contribution >= 0.6 is 23.2 Å². The Bertz CT molecular complexity index is 936. The smallest absolute Gasteiger partial charge is 0.294 e. The van der Waals surface area contributed by atoms with Crippen LogP contribution in [0.4, 0.5) is 5.69 Å². The van der Waals surface area contributed by atoms with Crippen LogP contribution in [0.15, 0.2) is 53.8 Å². The molecule has 1 heterocycles. The summed E-state index contributed by atoms with van der Waals surface area (Å²) in [5, 5.41) is 11.1. The molecule has 0 bridgehead atoms. The zero-order chi connectivity index (χ0) is 19.0. The number of nitrogens with zero attached hydrogens (tertiary/aromatic N) is 1. The van der Waals surface area contributed by atoms with Crippen molar-refractivity contribution in [3.8, 4) is 0 Å². The number of anilines is 1. The molecular formula is C20H17Cl2NO3. The van der Waals surface area contributed by atoms with E-state index >= 15 is 0 Å². The molecule has 1 atom stereocenters. The van der Waals surface area contributed by atoms with Crippen molar-refractivity contribution in [3.05, 3.63) is 75.0 Å². The molecule has 1 aliphatic rings. The van der Waals surface area contributed by atoms with Crippen LogP contribution in [0.2, 0.25) is 10.0 Å². The fourth-order valence-corrected chi connectivity index (χ4v) is 3.43. The highest BCUT2D eigenvalue weighted by Crippen LogP contribution is 2.42. The van der Waals surface area contributed by atoms with Crippen LogP contribution in [0.25, 0.3) is 0 Å². The van der Waals surface area contributed by atoms with Gasteiger partial charge >= 0.3 is 0 Å². The SMILES string of the molecule is CCC(=O)C1=C(O)C(=O)N(c2cccc(C)c2)C1c1ccc(Cl)c(Cl)c1. The first-order chi connectivity index (χ1) is 12.3. The molecule has 6 heteroatoms. The molecule has 4 nitrogen and oxygen atoms in total. The van der Waals surface area contributed by atoms with Crippen molar-refractivity contribution >= 4 is 40.6 Å². The summed E-state index contributed by atoms with van der Waals surface area (Å²) in [5.74, 6) is -1.42. The second-order valence-corrected chi connectivity index (χ2v) is 6.94. The lowest BCUT2D eigenvalue weighted by Crippen LogP contribution is -2.31. The van der Waals surface area contributed by atoms with E-state index in [4.69, 9.17) is 23.2 Å². The monoisotopic (exact) mass is 389 g/mol. The molecule has 26 heavy (non-hydrogen) atoms. The third-order valence-corrected chi connectivity index (χ3v) is 5.11. The van der Waals surface area contributed by atoms with Gasteiger partial charge in [0, 0.05) is 12.1 Å². The Labute approximate surface area is 161 Å². The van der Waals surface area contributed by atoms with E-state index < -0.39 is 17.7 Å². The maximum absolute atomic E-state index is 12.8. The normalized spacial score (nSPS) is 17.2. The van der Waals surface area contributed by atoms with Crippen molar-refractivity contribution in [2.75, 3.05) is 4.90 Å². The molecule has 0 saturated heterocycles. The summed E-state index contributed by atoms with van der Waals surface area (Å²) >= 11 is 12.2. The number of carbonyl (C=O) groups excluding carboxylic acids is 2. The molecule has 0 saturated carbocycles. The molecule has 0 radical (unpaired) electrons. The van der Waals surface area contributed by atoms with Crippen molar-refractivity contribution in [1.82, 2.24) is 0 Å². The lowest BCUT2D eigenvalue weighted by Gasteiger charge is -2.27. The van der Waals surface area contributed by atoms with Gasteiger partial charge in [0.25, 0.3) is 5.91 Å².